The van der Waals surface area contributed by atoms with Gasteiger partial charge in [-0.15, -0.1) is 0 Å². The molecule has 1 nitrogen and oxygen atoms in total. The highest BCUT2D eigenvalue weighted by Gasteiger charge is 2.22. The van der Waals surface area contributed by atoms with Gasteiger partial charge in [-0.1, -0.05) is 19.1 Å². The van der Waals surface area contributed by atoms with Crippen LogP contribution in [0, 0.1) is 11.8 Å². The molecule has 0 aromatic rings. The van der Waals surface area contributed by atoms with Gasteiger partial charge < -0.3 is 5.32 Å². The summed E-state index contributed by atoms with van der Waals surface area (Å²) < 4.78 is 0. The van der Waals surface area contributed by atoms with Gasteiger partial charge in [0.1, 0.15) is 0 Å². The predicted octanol–water partition coefficient (Wildman–Crippen LogP) is 1.42. The molecule has 0 radical (unpaired) electrons. The maximum atomic E-state index is 3.95. The van der Waals surface area contributed by atoms with E-state index < -0.39 is 0 Å². The van der Waals surface area contributed by atoms with Crippen LogP contribution in [0.1, 0.15) is 13.8 Å². The van der Waals surface area contributed by atoms with Crippen LogP contribution in [-0.4, -0.2) is 13.1 Å². The van der Waals surface area contributed by atoms with Crippen molar-refractivity contribution in [3.05, 3.63) is 12.2 Å². The third-order valence-corrected chi connectivity index (χ3v) is 2.15. The lowest BCUT2D eigenvalue weighted by atomic mass is 9.92. The van der Waals surface area contributed by atoms with Gasteiger partial charge in [-0.05, 0) is 25.3 Å². The Balaban J connectivity index is 2.49. The molecule has 0 aromatic heterocycles. The van der Waals surface area contributed by atoms with Crippen LogP contribution in [0.25, 0.3) is 0 Å². The van der Waals surface area contributed by atoms with E-state index in [1.54, 1.807) is 0 Å². The van der Waals surface area contributed by atoms with Crippen molar-refractivity contribution in [1.29, 1.82) is 0 Å². The number of hydrogen-bond donors (Lipinski definition) is 1. The van der Waals surface area contributed by atoms with Crippen LogP contribution in [0.3, 0.4) is 0 Å². The third-order valence-electron chi connectivity index (χ3n) is 2.15. The molecule has 9 heavy (non-hydrogen) atoms. The van der Waals surface area contributed by atoms with Crippen molar-refractivity contribution in [3.63, 3.8) is 0 Å². The highest BCUT2D eigenvalue weighted by atomic mass is 14.9. The zero-order valence-electron chi connectivity index (χ0n) is 6.28. The molecule has 2 atom stereocenters. The zero-order chi connectivity index (χ0) is 6.85. The van der Waals surface area contributed by atoms with E-state index in [4.69, 9.17) is 0 Å². The van der Waals surface area contributed by atoms with Crippen molar-refractivity contribution in [3.8, 4) is 0 Å². The smallest absolute Gasteiger partial charge is 0.00198 e. The Morgan fingerprint density at radius 1 is 1.56 bits per heavy atom. The lowest BCUT2D eigenvalue weighted by Gasteiger charge is -2.12. The standard InChI is InChI=1S/C8H15N/c1-6(2)8-5-9-4-7(8)3/h7-9H,1,4-5H2,2-3H3/t7?,8-/m0/s1. The highest BCUT2D eigenvalue weighted by molar-refractivity contribution is 5.02. The molecule has 1 fully saturated rings. The van der Waals surface area contributed by atoms with Crippen LogP contribution < -0.4 is 5.32 Å². The molecule has 0 aromatic carbocycles. The molecule has 0 amide bonds. The van der Waals surface area contributed by atoms with Crippen molar-refractivity contribution in [2.24, 2.45) is 11.8 Å². The van der Waals surface area contributed by atoms with Crippen molar-refractivity contribution in [1.82, 2.24) is 5.32 Å². The summed E-state index contributed by atoms with van der Waals surface area (Å²) in [5.74, 6) is 1.52. The summed E-state index contributed by atoms with van der Waals surface area (Å²) in [6.07, 6.45) is 0. The molecule has 0 aliphatic carbocycles. The SMILES string of the molecule is C=C(C)[C@@H]1CNCC1C. The second kappa shape index (κ2) is 2.53. The van der Waals surface area contributed by atoms with E-state index >= 15 is 0 Å². The Bertz CT molecular complexity index is 118. The van der Waals surface area contributed by atoms with E-state index in [0.717, 1.165) is 24.9 Å². The van der Waals surface area contributed by atoms with Gasteiger partial charge in [0.2, 0.25) is 0 Å². The first kappa shape index (κ1) is 6.81. The molecule has 1 rings (SSSR count). The summed E-state index contributed by atoms with van der Waals surface area (Å²) in [4.78, 5) is 0. The first-order chi connectivity index (χ1) is 4.22. The molecule has 0 saturated carbocycles. The van der Waals surface area contributed by atoms with Crippen LogP contribution in [-0.2, 0) is 0 Å². The van der Waals surface area contributed by atoms with Crippen LogP contribution in [0.15, 0.2) is 12.2 Å². The van der Waals surface area contributed by atoms with E-state index in [1.165, 1.54) is 5.57 Å². The van der Waals surface area contributed by atoms with Gasteiger partial charge in [0.05, 0.1) is 0 Å². The lowest BCUT2D eigenvalue weighted by molar-refractivity contribution is 0.519. The summed E-state index contributed by atoms with van der Waals surface area (Å²) >= 11 is 0. The van der Waals surface area contributed by atoms with Crippen molar-refractivity contribution >= 4 is 0 Å². The minimum absolute atomic E-state index is 0.727. The molecule has 1 unspecified atom stereocenters. The van der Waals surface area contributed by atoms with E-state index in [-0.39, 0.29) is 0 Å². The van der Waals surface area contributed by atoms with E-state index in [2.05, 4.69) is 25.7 Å². The Labute approximate surface area is 57.1 Å². The second-order valence-corrected chi connectivity index (χ2v) is 3.09. The summed E-state index contributed by atoms with van der Waals surface area (Å²) in [5.41, 5.74) is 1.33. The molecule has 1 aliphatic rings. The zero-order valence-corrected chi connectivity index (χ0v) is 6.28. The fraction of sp³-hybridized carbons (Fsp3) is 0.750. The summed E-state index contributed by atoms with van der Waals surface area (Å²) in [6.45, 7) is 10.6. The van der Waals surface area contributed by atoms with Gasteiger partial charge in [0.15, 0.2) is 0 Å². The average molecular weight is 125 g/mol. The van der Waals surface area contributed by atoms with Crippen molar-refractivity contribution in [2.45, 2.75) is 13.8 Å². The minimum atomic E-state index is 0.727. The highest BCUT2D eigenvalue weighted by Crippen LogP contribution is 2.21. The largest absolute Gasteiger partial charge is 0.316 e. The van der Waals surface area contributed by atoms with E-state index in [0.29, 0.717) is 0 Å². The van der Waals surface area contributed by atoms with Gasteiger partial charge in [-0.3, -0.25) is 0 Å². The topological polar surface area (TPSA) is 12.0 Å². The molecule has 1 heteroatoms. The van der Waals surface area contributed by atoms with Crippen molar-refractivity contribution < 1.29 is 0 Å². The van der Waals surface area contributed by atoms with Gasteiger partial charge >= 0.3 is 0 Å². The third kappa shape index (κ3) is 1.33. The Kier molecular flexibility index (Phi) is 1.91. The Morgan fingerprint density at radius 3 is 2.44 bits per heavy atom. The molecule has 1 N–H and O–H groups in total. The maximum Gasteiger partial charge on any atom is 0.00198 e. The summed E-state index contributed by atoms with van der Waals surface area (Å²) in [7, 11) is 0. The monoisotopic (exact) mass is 125 g/mol. The minimum Gasteiger partial charge on any atom is -0.316 e. The molecule has 1 aliphatic heterocycles. The molecule has 1 saturated heterocycles. The fourth-order valence-corrected chi connectivity index (χ4v) is 1.47. The molecular weight excluding hydrogens is 110 g/mol. The maximum absolute atomic E-state index is 3.95. The van der Waals surface area contributed by atoms with Gasteiger partial charge in [0.25, 0.3) is 0 Å². The van der Waals surface area contributed by atoms with Crippen LogP contribution >= 0.6 is 0 Å². The quantitative estimate of drug-likeness (QED) is 0.523. The second-order valence-electron chi connectivity index (χ2n) is 3.09. The summed E-state index contributed by atoms with van der Waals surface area (Å²) in [6, 6.07) is 0. The summed E-state index contributed by atoms with van der Waals surface area (Å²) in [5, 5.41) is 3.34. The molecule has 1 heterocycles. The number of hydrogen-bond acceptors (Lipinski definition) is 1. The molecule has 0 bridgehead atoms. The van der Waals surface area contributed by atoms with Gasteiger partial charge in [0, 0.05) is 6.54 Å². The van der Waals surface area contributed by atoms with E-state index in [1.807, 2.05) is 0 Å². The number of rotatable bonds is 1. The van der Waals surface area contributed by atoms with E-state index in [9.17, 15) is 0 Å². The average Bonchev–Trinajstić information content (AvgIpc) is 2.13. The van der Waals surface area contributed by atoms with Crippen molar-refractivity contribution in [2.75, 3.05) is 13.1 Å². The van der Waals surface area contributed by atoms with Crippen LogP contribution in [0.2, 0.25) is 0 Å². The van der Waals surface area contributed by atoms with Crippen LogP contribution in [0.5, 0.6) is 0 Å². The lowest BCUT2D eigenvalue weighted by Crippen LogP contribution is -2.09. The first-order valence-electron chi connectivity index (χ1n) is 3.58. The van der Waals surface area contributed by atoms with Gasteiger partial charge in [-0.25, -0.2) is 0 Å². The normalized spacial score (nSPS) is 34.9. The first-order valence-corrected chi connectivity index (χ1v) is 3.58. The van der Waals surface area contributed by atoms with Crippen LogP contribution in [0.4, 0.5) is 0 Å². The Morgan fingerprint density at radius 2 is 2.22 bits per heavy atom. The molecular formula is C8H15N. The van der Waals surface area contributed by atoms with Gasteiger partial charge in [-0.2, -0.15) is 0 Å². The fourth-order valence-electron chi connectivity index (χ4n) is 1.47. The number of nitrogens with one attached hydrogen (secondary N) is 1. The Hall–Kier alpha value is -0.300. The predicted molar refractivity (Wildman–Crippen MR) is 40.3 cm³/mol. The molecule has 52 valence electrons. The molecule has 0 spiro atoms.